The minimum absolute atomic E-state index is 0.437. The zero-order valence-electron chi connectivity index (χ0n) is 6.30. The smallest absolute Gasteiger partial charge is 0.153 e. The number of carbonyl (C=O) groups excluding carboxylic acids is 1. The van der Waals surface area contributed by atoms with Crippen molar-refractivity contribution < 1.29 is 9.53 Å². The van der Waals surface area contributed by atoms with Crippen LogP contribution in [0.5, 0.6) is 5.75 Å². The highest BCUT2D eigenvalue weighted by Gasteiger charge is 2.07. The van der Waals surface area contributed by atoms with Gasteiger partial charge in [0.25, 0.3) is 0 Å². The van der Waals surface area contributed by atoms with Crippen molar-refractivity contribution in [1.82, 2.24) is 0 Å². The van der Waals surface area contributed by atoms with E-state index >= 15 is 0 Å². The fourth-order valence-corrected chi connectivity index (χ4v) is 2.02. The number of benzene rings is 1. The third-order valence-corrected chi connectivity index (χ3v) is 2.27. The maximum Gasteiger partial charge on any atom is 0.153 e. The molecule has 0 amide bonds. The SMILES string of the molecule is COc1c(Cl)cc(I)cc1C=O. The molecule has 1 aromatic carbocycles. The van der Waals surface area contributed by atoms with Gasteiger partial charge in [-0.15, -0.1) is 0 Å². The molecule has 0 heterocycles. The average molecular weight is 296 g/mol. The highest BCUT2D eigenvalue weighted by molar-refractivity contribution is 14.1. The Morgan fingerprint density at radius 3 is 2.75 bits per heavy atom. The van der Waals surface area contributed by atoms with E-state index in [9.17, 15) is 4.79 Å². The van der Waals surface area contributed by atoms with Crippen LogP contribution in [0.15, 0.2) is 12.1 Å². The monoisotopic (exact) mass is 296 g/mol. The Kier molecular flexibility index (Phi) is 3.34. The summed E-state index contributed by atoms with van der Waals surface area (Å²) in [6.45, 7) is 0. The number of hydrogen-bond donors (Lipinski definition) is 0. The quantitative estimate of drug-likeness (QED) is 0.619. The molecule has 12 heavy (non-hydrogen) atoms. The first kappa shape index (κ1) is 9.80. The number of hydrogen-bond acceptors (Lipinski definition) is 2. The summed E-state index contributed by atoms with van der Waals surface area (Å²) >= 11 is 7.91. The number of methoxy groups -OCH3 is 1. The summed E-state index contributed by atoms with van der Waals surface area (Å²) < 4.78 is 5.87. The predicted molar refractivity (Wildman–Crippen MR) is 56.1 cm³/mol. The van der Waals surface area contributed by atoms with Crippen LogP contribution in [0.2, 0.25) is 5.02 Å². The van der Waals surface area contributed by atoms with Crippen molar-refractivity contribution in [2.75, 3.05) is 7.11 Å². The number of carbonyl (C=O) groups is 1. The maximum atomic E-state index is 10.5. The van der Waals surface area contributed by atoms with E-state index in [-0.39, 0.29) is 0 Å². The molecule has 0 aliphatic heterocycles. The van der Waals surface area contributed by atoms with Crippen LogP contribution in [0.3, 0.4) is 0 Å². The first-order valence-corrected chi connectivity index (χ1v) is 4.63. The van der Waals surface area contributed by atoms with E-state index in [4.69, 9.17) is 16.3 Å². The Morgan fingerprint density at radius 2 is 2.25 bits per heavy atom. The van der Waals surface area contributed by atoms with E-state index in [0.717, 1.165) is 9.86 Å². The van der Waals surface area contributed by atoms with E-state index in [1.807, 2.05) is 0 Å². The lowest BCUT2D eigenvalue weighted by Crippen LogP contribution is -1.92. The van der Waals surface area contributed by atoms with Gasteiger partial charge in [0.05, 0.1) is 17.7 Å². The summed E-state index contributed by atoms with van der Waals surface area (Å²) in [5.41, 5.74) is 0.481. The molecule has 0 aliphatic rings. The lowest BCUT2D eigenvalue weighted by molar-refractivity contribution is 0.112. The molecule has 2 nitrogen and oxygen atoms in total. The Bertz CT molecular complexity index is 312. The van der Waals surface area contributed by atoms with Crippen LogP contribution in [0, 0.1) is 3.57 Å². The van der Waals surface area contributed by atoms with Gasteiger partial charge in [-0.3, -0.25) is 4.79 Å². The molecular weight excluding hydrogens is 290 g/mol. The first-order valence-electron chi connectivity index (χ1n) is 3.17. The van der Waals surface area contributed by atoms with Crippen LogP contribution in [-0.4, -0.2) is 13.4 Å². The summed E-state index contributed by atoms with van der Waals surface area (Å²) in [5, 5.41) is 0.464. The van der Waals surface area contributed by atoms with E-state index < -0.39 is 0 Å². The van der Waals surface area contributed by atoms with Gasteiger partial charge in [-0.2, -0.15) is 0 Å². The van der Waals surface area contributed by atoms with Crippen LogP contribution in [-0.2, 0) is 0 Å². The molecule has 0 N–H and O–H groups in total. The molecule has 1 aromatic rings. The second-order valence-electron chi connectivity index (χ2n) is 2.13. The highest BCUT2D eigenvalue weighted by Crippen LogP contribution is 2.29. The number of aldehydes is 1. The van der Waals surface area contributed by atoms with Gasteiger partial charge in [0.15, 0.2) is 6.29 Å². The summed E-state index contributed by atoms with van der Waals surface area (Å²) in [5.74, 6) is 0.437. The number of ether oxygens (including phenoxy) is 1. The lowest BCUT2D eigenvalue weighted by atomic mass is 10.2. The maximum absolute atomic E-state index is 10.5. The lowest BCUT2D eigenvalue weighted by Gasteiger charge is -2.05. The first-order chi connectivity index (χ1) is 5.69. The van der Waals surface area contributed by atoms with Gasteiger partial charge in [0, 0.05) is 3.57 Å². The molecule has 0 saturated heterocycles. The zero-order valence-corrected chi connectivity index (χ0v) is 9.22. The van der Waals surface area contributed by atoms with Crippen LogP contribution in [0.25, 0.3) is 0 Å². The number of rotatable bonds is 2. The molecule has 0 aliphatic carbocycles. The summed E-state index contributed by atoms with van der Waals surface area (Å²) in [6, 6.07) is 3.46. The minimum Gasteiger partial charge on any atom is -0.494 e. The molecule has 0 fully saturated rings. The van der Waals surface area contributed by atoms with Crippen molar-refractivity contribution in [3.8, 4) is 5.75 Å². The summed E-state index contributed by atoms with van der Waals surface area (Å²) in [4.78, 5) is 10.5. The predicted octanol–water partition coefficient (Wildman–Crippen LogP) is 2.77. The van der Waals surface area contributed by atoms with Crippen LogP contribution in [0.1, 0.15) is 10.4 Å². The Labute approximate surface area is 89.0 Å². The molecule has 0 unspecified atom stereocenters. The van der Waals surface area contributed by atoms with E-state index in [0.29, 0.717) is 16.3 Å². The molecule has 0 atom stereocenters. The fraction of sp³-hybridized carbons (Fsp3) is 0.125. The molecule has 0 spiro atoms. The molecule has 0 saturated carbocycles. The molecule has 4 heteroatoms. The minimum atomic E-state index is 0.437. The van der Waals surface area contributed by atoms with Gasteiger partial charge in [0.1, 0.15) is 5.75 Å². The normalized spacial score (nSPS) is 9.58. The van der Waals surface area contributed by atoms with Crippen molar-refractivity contribution in [3.63, 3.8) is 0 Å². The third kappa shape index (κ3) is 1.90. The molecule has 0 aromatic heterocycles. The second-order valence-corrected chi connectivity index (χ2v) is 3.78. The Balaban J connectivity index is 3.33. The van der Waals surface area contributed by atoms with Gasteiger partial charge in [-0.25, -0.2) is 0 Å². The number of halogens is 2. The van der Waals surface area contributed by atoms with Gasteiger partial charge in [-0.05, 0) is 34.7 Å². The molecule has 1 rings (SSSR count). The van der Waals surface area contributed by atoms with Crippen LogP contribution in [0.4, 0.5) is 0 Å². The molecular formula is C8H6ClIO2. The second kappa shape index (κ2) is 4.09. The standard InChI is InChI=1S/C8H6ClIO2/c1-12-8-5(4-11)2-6(10)3-7(8)9/h2-4H,1H3. The van der Waals surface area contributed by atoms with E-state index in [1.165, 1.54) is 7.11 Å². The topological polar surface area (TPSA) is 26.3 Å². The van der Waals surface area contributed by atoms with Gasteiger partial charge in [-0.1, -0.05) is 11.6 Å². The van der Waals surface area contributed by atoms with Gasteiger partial charge < -0.3 is 4.74 Å². The third-order valence-electron chi connectivity index (χ3n) is 1.37. The fourth-order valence-electron chi connectivity index (χ4n) is 0.883. The van der Waals surface area contributed by atoms with Crippen molar-refractivity contribution in [1.29, 1.82) is 0 Å². The summed E-state index contributed by atoms with van der Waals surface area (Å²) in [7, 11) is 1.49. The van der Waals surface area contributed by atoms with E-state index in [1.54, 1.807) is 12.1 Å². The van der Waals surface area contributed by atoms with Crippen molar-refractivity contribution in [2.24, 2.45) is 0 Å². The van der Waals surface area contributed by atoms with Crippen molar-refractivity contribution >= 4 is 40.5 Å². The molecule has 0 bridgehead atoms. The van der Waals surface area contributed by atoms with Gasteiger partial charge >= 0.3 is 0 Å². The van der Waals surface area contributed by atoms with Crippen molar-refractivity contribution in [2.45, 2.75) is 0 Å². The Hall–Kier alpha value is -0.290. The van der Waals surface area contributed by atoms with Crippen LogP contribution >= 0.6 is 34.2 Å². The van der Waals surface area contributed by atoms with E-state index in [2.05, 4.69) is 22.6 Å². The highest BCUT2D eigenvalue weighted by atomic mass is 127. The Morgan fingerprint density at radius 1 is 1.58 bits per heavy atom. The van der Waals surface area contributed by atoms with Crippen molar-refractivity contribution in [3.05, 3.63) is 26.3 Å². The summed E-state index contributed by atoms with van der Waals surface area (Å²) in [6.07, 6.45) is 0.729. The molecule has 64 valence electrons. The largest absolute Gasteiger partial charge is 0.494 e. The zero-order chi connectivity index (χ0) is 9.14. The van der Waals surface area contributed by atoms with Crippen LogP contribution < -0.4 is 4.74 Å². The molecule has 0 radical (unpaired) electrons. The van der Waals surface area contributed by atoms with Gasteiger partial charge in [0.2, 0.25) is 0 Å². The average Bonchev–Trinajstić information content (AvgIpc) is 2.03.